The van der Waals surface area contributed by atoms with E-state index in [9.17, 15) is 17.6 Å². The number of nitrogens with one attached hydrogen (secondary N) is 2. The van der Waals surface area contributed by atoms with Crippen LogP contribution in [-0.4, -0.2) is 25.9 Å². The largest absolute Gasteiger partial charge is 0.441 e. The molecule has 1 aromatic heterocycles. The zero-order valence-electron chi connectivity index (χ0n) is 16.8. The SMILES string of the molecule is Cc1noc(-c2ccc(NS(C)(=O)=O)c(F)c2)c1NC(=O)OC(C)c1ccccc1Cl. The Kier molecular flexibility index (Phi) is 6.51. The van der Waals surface area contributed by atoms with E-state index in [1.807, 2.05) is 0 Å². The molecule has 0 bridgehead atoms. The lowest BCUT2D eigenvalue weighted by molar-refractivity contribution is 0.121. The van der Waals surface area contributed by atoms with Gasteiger partial charge in [0.05, 0.1) is 11.9 Å². The standard InChI is InChI=1S/C20H19ClFN3O5S/c1-11-18(23-20(26)29-12(2)14-6-4-5-7-15(14)21)19(30-24-11)13-8-9-17(16(22)10-13)25-31(3,27)28/h4-10,12,25H,1-3H3,(H,23,26). The maximum Gasteiger partial charge on any atom is 0.412 e. The maximum absolute atomic E-state index is 14.4. The van der Waals surface area contributed by atoms with Gasteiger partial charge in [-0.3, -0.25) is 10.0 Å². The van der Waals surface area contributed by atoms with Crippen molar-refractivity contribution in [2.24, 2.45) is 0 Å². The summed E-state index contributed by atoms with van der Waals surface area (Å²) in [6.07, 6.45) is -0.496. The van der Waals surface area contributed by atoms with Crippen molar-refractivity contribution in [1.29, 1.82) is 0 Å². The van der Waals surface area contributed by atoms with Gasteiger partial charge < -0.3 is 9.26 Å². The Morgan fingerprint density at radius 3 is 2.61 bits per heavy atom. The van der Waals surface area contributed by atoms with Crippen molar-refractivity contribution in [3.8, 4) is 11.3 Å². The number of carbonyl (C=O) groups is 1. The van der Waals surface area contributed by atoms with Crippen LogP contribution >= 0.6 is 11.6 Å². The summed E-state index contributed by atoms with van der Waals surface area (Å²) >= 11 is 6.13. The summed E-state index contributed by atoms with van der Waals surface area (Å²) in [7, 11) is -3.64. The van der Waals surface area contributed by atoms with Gasteiger partial charge in [0.1, 0.15) is 23.3 Å². The summed E-state index contributed by atoms with van der Waals surface area (Å²) in [5.74, 6) is -0.734. The van der Waals surface area contributed by atoms with E-state index in [2.05, 4.69) is 15.2 Å². The topological polar surface area (TPSA) is 111 Å². The molecule has 31 heavy (non-hydrogen) atoms. The fraction of sp³-hybridized carbons (Fsp3) is 0.200. The first-order chi connectivity index (χ1) is 14.5. The highest BCUT2D eigenvalue weighted by Gasteiger charge is 2.21. The number of amides is 1. The third kappa shape index (κ3) is 5.53. The number of hydrogen-bond donors (Lipinski definition) is 2. The highest BCUT2D eigenvalue weighted by molar-refractivity contribution is 7.92. The van der Waals surface area contributed by atoms with Gasteiger partial charge in [-0.15, -0.1) is 0 Å². The molecule has 1 heterocycles. The number of ether oxygens (including phenoxy) is 1. The number of hydrogen-bond acceptors (Lipinski definition) is 6. The summed E-state index contributed by atoms with van der Waals surface area (Å²) in [4.78, 5) is 12.4. The molecule has 0 aliphatic heterocycles. The van der Waals surface area contributed by atoms with Crippen LogP contribution in [0.5, 0.6) is 0 Å². The lowest BCUT2D eigenvalue weighted by Gasteiger charge is -2.15. The Bertz CT molecular complexity index is 1230. The van der Waals surface area contributed by atoms with Gasteiger partial charge in [-0.1, -0.05) is 35.0 Å². The smallest absolute Gasteiger partial charge is 0.412 e. The van der Waals surface area contributed by atoms with Crippen molar-refractivity contribution < 1.29 is 26.9 Å². The molecular formula is C20H19ClFN3O5S. The molecule has 1 atom stereocenters. The van der Waals surface area contributed by atoms with E-state index in [0.29, 0.717) is 16.3 Å². The Balaban J connectivity index is 1.80. The molecule has 164 valence electrons. The Hall–Kier alpha value is -3.11. The van der Waals surface area contributed by atoms with E-state index in [0.717, 1.165) is 12.3 Å². The molecule has 0 saturated carbocycles. The highest BCUT2D eigenvalue weighted by Crippen LogP contribution is 2.33. The van der Waals surface area contributed by atoms with Crippen LogP contribution < -0.4 is 10.0 Å². The average molecular weight is 468 g/mol. The molecule has 1 amide bonds. The third-order valence-electron chi connectivity index (χ3n) is 4.24. The van der Waals surface area contributed by atoms with E-state index < -0.39 is 28.0 Å². The van der Waals surface area contributed by atoms with Gasteiger partial charge >= 0.3 is 6.09 Å². The fourth-order valence-electron chi connectivity index (χ4n) is 2.81. The second kappa shape index (κ2) is 8.94. The van der Waals surface area contributed by atoms with Crippen molar-refractivity contribution in [3.63, 3.8) is 0 Å². The zero-order valence-corrected chi connectivity index (χ0v) is 18.3. The minimum absolute atomic E-state index is 0.0876. The van der Waals surface area contributed by atoms with E-state index in [-0.39, 0.29) is 22.7 Å². The number of aromatic nitrogens is 1. The van der Waals surface area contributed by atoms with Crippen LogP contribution in [0.2, 0.25) is 5.02 Å². The zero-order chi connectivity index (χ0) is 22.8. The Morgan fingerprint density at radius 2 is 1.97 bits per heavy atom. The van der Waals surface area contributed by atoms with Crippen LogP contribution in [0.1, 0.15) is 24.3 Å². The van der Waals surface area contributed by atoms with Crippen molar-refractivity contribution >= 4 is 39.1 Å². The number of nitrogens with zero attached hydrogens (tertiary/aromatic N) is 1. The molecule has 2 aromatic carbocycles. The van der Waals surface area contributed by atoms with Gasteiger partial charge in [0.25, 0.3) is 0 Å². The molecule has 1 unspecified atom stereocenters. The Morgan fingerprint density at radius 1 is 1.26 bits per heavy atom. The van der Waals surface area contributed by atoms with Crippen molar-refractivity contribution in [3.05, 3.63) is 64.6 Å². The second-order valence-electron chi connectivity index (χ2n) is 6.74. The molecule has 8 nitrogen and oxygen atoms in total. The quantitative estimate of drug-likeness (QED) is 0.520. The van der Waals surface area contributed by atoms with Gasteiger partial charge in [-0.05, 0) is 38.1 Å². The summed E-state index contributed by atoms with van der Waals surface area (Å²) in [5.41, 5.74) is 1.20. The van der Waals surface area contributed by atoms with E-state index >= 15 is 0 Å². The molecule has 0 spiro atoms. The monoisotopic (exact) mass is 467 g/mol. The molecule has 0 aliphatic carbocycles. The summed E-state index contributed by atoms with van der Waals surface area (Å²) in [5, 5.41) is 6.82. The van der Waals surface area contributed by atoms with Crippen LogP contribution in [0.25, 0.3) is 11.3 Å². The van der Waals surface area contributed by atoms with E-state index in [1.54, 1.807) is 38.1 Å². The first-order valence-electron chi connectivity index (χ1n) is 9.01. The first kappa shape index (κ1) is 22.6. The van der Waals surface area contributed by atoms with E-state index in [1.165, 1.54) is 12.1 Å². The van der Waals surface area contributed by atoms with Crippen LogP contribution in [-0.2, 0) is 14.8 Å². The highest BCUT2D eigenvalue weighted by atomic mass is 35.5. The number of sulfonamides is 1. The first-order valence-corrected chi connectivity index (χ1v) is 11.3. The van der Waals surface area contributed by atoms with Gasteiger partial charge in [-0.2, -0.15) is 0 Å². The van der Waals surface area contributed by atoms with Gasteiger partial charge in [0.2, 0.25) is 10.0 Å². The van der Waals surface area contributed by atoms with Crippen LogP contribution in [0, 0.1) is 12.7 Å². The molecular weight excluding hydrogens is 449 g/mol. The fourth-order valence-corrected chi connectivity index (χ4v) is 3.67. The van der Waals surface area contributed by atoms with Gasteiger partial charge in [-0.25, -0.2) is 17.6 Å². The molecule has 11 heteroatoms. The number of benzene rings is 2. The predicted molar refractivity (Wildman–Crippen MR) is 115 cm³/mol. The maximum atomic E-state index is 14.4. The molecule has 0 saturated heterocycles. The number of carbonyl (C=O) groups excluding carboxylic acids is 1. The second-order valence-corrected chi connectivity index (χ2v) is 8.89. The molecule has 3 aromatic rings. The van der Waals surface area contributed by atoms with Crippen LogP contribution in [0.4, 0.5) is 20.6 Å². The minimum Gasteiger partial charge on any atom is -0.441 e. The number of rotatable bonds is 6. The van der Waals surface area contributed by atoms with Crippen LogP contribution in [0.3, 0.4) is 0 Å². The molecule has 0 radical (unpaired) electrons. The predicted octanol–water partition coefficient (Wildman–Crippen LogP) is 5.12. The normalized spacial score (nSPS) is 12.3. The molecule has 0 aliphatic rings. The van der Waals surface area contributed by atoms with Crippen molar-refractivity contribution in [1.82, 2.24) is 5.16 Å². The summed E-state index contributed by atoms with van der Waals surface area (Å²) in [6.45, 7) is 3.26. The van der Waals surface area contributed by atoms with Crippen LogP contribution in [0.15, 0.2) is 47.0 Å². The minimum atomic E-state index is -3.64. The molecule has 0 fully saturated rings. The lowest BCUT2D eigenvalue weighted by atomic mass is 10.1. The van der Waals surface area contributed by atoms with Crippen molar-refractivity contribution in [2.45, 2.75) is 20.0 Å². The van der Waals surface area contributed by atoms with Gasteiger partial charge in [0.15, 0.2) is 5.76 Å². The summed E-state index contributed by atoms with van der Waals surface area (Å²) in [6, 6.07) is 10.7. The Labute approximate surface area is 183 Å². The number of halogens is 2. The molecule has 3 rings (SSSR count). The van der Waals surface area contributed by atoms with Crippen molar-refractivity contribution in [2.75, 3.05) is 16.3 Å². The molecule has 2 N–H and O–H groups in total. The summed E-state index contributed by atoms with van der Waals surface area (Å²) < 4.78 is 49.7. The van der Waals surface area contributed by atoms with Gasteiger partial charge in [0, 0.05) is 16.1 Å². The lowest BCUT2D eigenvalue weighted by Crippen LogP contribution is -2.17. The van der Waals surface area contributed by atoms with E-state index in [4.69, 9.17) is 20.9 Å². The number of anilines is 2. The third-order valence-corrected chi connectivity index (χ3v) is 5.18. The number of aryl methyl sites for hydroxylation is 1. The average Bonchev–Trinajstić information content (AvgIpc) is 3.03.